The van der Waals surface area contributed by atoms with Crippen LogP contribution in [0.4, 0.5) is 97.0 Å². The minimum absolute atomic E-state index is 1.49. The van der Waals surface area contributed by atoms with Crippen molar-refractivity contribution in [1.82, 2.24) is 0 Å². The summed E-state index contributed by atoms with van der Waals surface area (Å²) in [6.45, 7) is 0. The highest BCUT2D eigenvalue weighted by atomic mass is 19.4. The van der Waals surface area contributed by atoms with Crippen molar-refractivity contribution in [3.63, 3.8) is 0 Å². The molecule has 0 spiro atoms. The average Bonchev–Trinajstić information content (AvgIpc) is 2.48. The Morgan fingerprint density at radius 1 is 0.429 bits per heavy atom. The third-order valence-corrected chi connectivity index (χ3v) is 3.93. The van der Waals surface area contributed by atoms with Gasteiger partial charge in [-0.1, -0.05) is 0 Å². The van der Waals surface area contributed by atoms with Gasteiger partial charge in [0.05, 0.1) is 0 Å². The van der Waals surface area contributed by atoms with Crippen LogP contribution in [0.1, 0.15) is 0 Å². The van der Waals surface area contributed by atoms with E-state index in [1.54, 1.807) is 0 Å². The third kappa shape index (κ3) is 4.02. The van der Waals surface area contributed by atoms with E-state index in [0.717, 1.165) is 0 Å². The molecule has 0 unspecified atom stereocenters. The molecule has 0 saturated heterocycles. The highest BCUT2D eigenvalue weighted by Crippen LogP contribution is 2.76. The molecule has 0 bridgehead atoms. The molecule has 0 amide bonds. The van der Waals surface area contributed by atoms with E-state index < -0.39 is 65.8 Å². The maximum atomic E-state index is 14.1. The Morgan fingerprint density at radius 2 is 0.686 bits per heavy atom. The summed E-state index contributed by atoms with van der Waals surface area (Å²) in [5.41, 5.74) is -10.2. The lowest BCUT2D eigenvalue weighted by molar-refractivity contribution is -0.539. The van der Waals surface area contributed by atoms with Crippen LogP contribution in [0.2, 0.25) is 0 Å². The Hall–Kier alpha value is -2.20. The molecule has 0 aliphatic carbocycles. The number of hydrogen-bond donors (Lipinski definition) is 1. The number of carbonyl (C=O) groups is 1. The van der Waals surface area contributed by atoms with E-state index in [4.69, 9.17) is 5.11 Å². The Morgan fingerprint density at radius 3 is 0.886 bits per heavy atom. The summed E-state index contributed by atoms with van der Waals surface area (Å²) in [5.74, 6) is -48.1. The zero-order valence-corrected chi connectivity index (χ0v) is 14.7. The summed E-state index contributed by atoms with van der Waals surface area (Å²) in [4.78, 5) is 9.92. The number of halogens is 21. The molecule has 0 fully saturated rings. The number of rotatable bonds is 7. The summed E-state index contributed by atoms with van der Waals surface area (Å²) in [6.07, 6.45) is -38.9. The zero-order chi connectivity index (χ0) is 29.3. The van der Waals surface area contributed by atoms with Gasteiger partial charge in [-0.3, -0.25) is 0 Å². The molecule has 0 rings (SSSR count). The van der Waals surface area contributed by atoms with Crippen LogP contribution in [0.3, 0.4) is 0 Å². The molecule has 0 aromatic carbocycles. The van der Waals surface area contributed by atoms with Crippen LogP contribution in [0, 0.1) is 5.41 Å². The van der Waals surface area contributed by atoms with Gasteiger partial charge in [-0.05, 0) is 0 Å². The Bertz CT molecular complexity index is 773. The standard InChI is InChI=1S/C11HF21O3/c12-3(13,7(20,21)10(28,29)30)2(4(14,15)8(22,23)24,5(16,17)9(25,26)27)6(18,19)11(31,32)35-1(33)34/h(H,33,34). The van der Waals surface area contributed by atoms with E-state index in [-0.39, 0.29) is 0 Å². The first-order chi connectivity index (χ1) is 14.7. The van der Waals surface area contributed by atoms with Crippen LogP contribution in [-0.2, 0) is 4.74 Å². The van der Waals surface area contributed by atoms with Crippen LogP contribution in [0.25, 0.3) is 0 Å². The van der Waals surface area contributed by atoms with Crippen LogP contribution in [0.15, 0.2) is 0 Å². The van der Waals surface area contributed by atoms with Gasteiger partial charge < -0.3 is 9.84 Å². The first-order valence-electron chi connectivity index (χ1n) is 7.05. The minimum atomic E-state index is -10.2. The molecule has 24 heteroatoms. The topological polar surface area (TPSA) is 46.5 Å². The van der Waals surface area contributed by atoms with Crippen molar-refractivity contribution in [2.24, 2.45) is 5.41 Å². The van der Waals surface area contributed by atoms with E-state index in [0.29, 0.717) is 0 Å². The second-order valence-electron chi connectivity index (χ2n) is 6.00. The molecule has 1 N–H and O–H groups in total. The quantitative estimate of drug-likeness (QED) is 0.258. The molecular formula is C11HF21O3. The molecule has 35 heavy (non-hydrogen) atoms. The minimum Gasteiger partial charge on any atom is -0.450 e. The van der Waals surface area contributed by atoms with Crippen LogP contribution >= 0.6 is 0 Å². The first kappa shape index (κ1) is 32.8. The lowest BCUT2D eigenvalue weighted by Gasteiger charge is -2.53. The van der Waals surface area contributed by atoms with Crippen LogP contribution in [-0.4, -0.2) is 65.5 Å². The maximum absolute atomic E-state index is 14.1. The monoisotopic (exact) mass is 580 g/mol. The number of ether oxygens (including phenoxy) is 1. The van der Waals surface area contributed by atoms with Crippen LogP contribution < -0.4 is 0 Å². The summed E-state index contributed by atoms with van der Waals surface area (Å²) >= 11 is 0. The molecule has 0 atom stereocenters. The summed E-state index contributed by atoms with van der Waals surface area (Å²) in [6, 6.07) is 0. The highest BCUT2D eigenvalue weighted by molar-refractivity contribution is 5.57. The molecule has 0 aromatic heterocycles. The van der Waals surface area contributed by atoms with Gasteiger partial charge in [0, 0.05) is 0 Å². The van der Waals surface area contributed by atoms with Crippen molar-refractivity contribution in [2.75, 3.05) is 0 Å². The lowest BCUT2D eigenvalue weighted by Crippen LogP contribution is -2.84. The first-order valence-corrected chi connectivity index (χ1v) is 7.05. The molecule has 0 heterocycles. The van der Waals surface area contributed by atoms with Gasteiger partial charge in [0.2, 0.25) is 0 Å². The predicted molar refractivity (Wildman–Crippen MR) is 59.4 cm³/mol. The van der Waals surface area contributed by atoms with Gasteiger partial charge in [0.15, 0.2) is 0 Å². The lowest BCUT2D eigenvalue weighted by atomic mass is 9.62. The molecule has 0 aromatic rings. The van der Waals surface area contributed by atoms with Crippen molar-refractivity contribution in [3.05, 3.63) is 0 Å². The van der Waals surface area contributed by atoms with E-state index in [1.807, 2.05) is 0 Å². The van der Waals surface area contributed by atoms with Gasteiger partial charge in [0.1, 0.15) is 0 Å². The van der Waals surface area contributed by atoms with E-state index >= 15 is 0 Å². The number of alkyl halides is 21. The van der Waals surface area contributed by atoms with Crippen molar-refractivity contribution in [1.29, 1.82) is 0 Å². The number of carboxylic acid groups (broad SMARTS) is 1. The fraction of sp³-hybridized carbons (Fsp3) is 0.909. The highest BCUT2D eigenvalue weighted by Gasteiger charge is 3.06. The molecule has 0 radical (unpaired) electrons. The second-order valence-corrected chi connectivity index (χ2v) is 6.00. The molecule has 3 nitrogen and oxygen atoms in total. The molecule has 0 aliphatic heterocycles. The fourth-order valence-corrected chi connectivity index (χ4v) is 2.41. The van der Waals surface area contributed by atoms with E-state index in [1.165, 1.54) is 4.74 Å². The molecule has 0 aliphatic rings. The SMILES string of the molecule is O=C(O)OC(F)(F)C(F)(F)C(C(F)(F)C(F)(F)F)(C(F)(F)C(F)(F)F)C(F)(F)C(F)(F)C(F)(F)F. The summed E-state index contributed by atoms with van der Waals surface area (Å²) in [5, 5.41) is 7.72. The normalized spacial score (nSPS) is 16.4. The second kappa shape index (κ2) is 7.90. The maximum Gasteiger partial charge on any atom is 0.510 e. The predicted octanol–water partition coefficient (Wildman–Crippen LogP) is 7.12. The summed E-state index contributed by atoms with van der Waals surface area (Å²) in [7, 11) is 0. The van der Waals surface area contributed by atoms with E-state index in [9.17, 15) is 97.0 Å². The van der Waals surface area contributed by atoms with Gasteiger partial charge in [0.25, 0.3) is 5.41 Å². The van der Waals surface area contributed by atoms with Gasteiger partial charge >= 0.3 is 60.4 Å². The number of hydrogen-bond acceptors (Lipinski definition) is 2. The van der Waals surface area contributed by atoms with Crippen molar-refractivity contribution < 1.29 is 107 Å². The fourth-order valence-electron chi connectivity index (χ4n) is 2.41. The van der Waals surface area contributed by atoms with Gasteiger partial charge in [-0.25, -0.2) is 4.79 Å². The van der Waals surface area contributed by atoms with Crippen molar-refractivity contribution >= 4 is 6.16 Å². The molecule has 0 saturated carbocycles. The van der Waals surface area contributed by atoms with Crippen LogP contribution in [0.5, 0.6) is 0 Å². The van der Waals surface area contributed by atoms with Gasteiger partial charge in [-0.15, -0.1) is 0 Å². The van der Waals surface area contributed by atoms with Crippen molar-refractivity contribution in [3.8, 4) is 0 Å². The van der Waals surface area contributed by atoms with Gasteiger partial charge in [-0.2, -0.15) is 92.2 Å². The smallest absolute Gasteiger partial charge is 0.450 e. The largest absolute Gasteiger partial charge is 0.510 e. The third-order valence-electron chi connectivity index (χ3n) is 3.93. The van der Waals surface area contributed by atoms with Crippen molar-refractivity contribution in [2.45, 2.75) is 54.3 Å². The Kier molecular flexibility index (Phi) is 7.40. The van der Waals surface area contributed by atoms with E-state index in [2.05, 4.69) is 0 Å². The Balaban J connectivity index is 8.70. The average molecular weight is 580 g/mol. The molecular weight excluding hydrogens is 579 g/mol. The Labute approximate surface area is 174 Å². The zero-order valence-electron chi connectivity index (χ0n) is 14.7. The summed E-state index contributed by atoms with van der Waals surface area (Å²) < 4.78 is 278. The molecule has 210 valence electrons.